The van der Waals surface area contributed by atoms with E-state index in [-0.39, 0.29) is 23.6 Å². The molecule has 3 amide bonds. The molecule has 5 rings (SSSR count). The largest absolute Gasteiger partial charge is 0.493 e. The lowest BCUT2D eigenvalue weighted by Gasteiger charge is -2.38. The van der Waals surface area contributed by atoms with Crippen LogP contribution >= 0.6 is 0 Å². The Kier molecular flexibility index (Phi) is 6.60. The number of imide groups is 1. The van der Waals surface area contributed by atoms with Gasteiger partial charge in [0.25, 0.3) is 11.8 Å². The normalized spacial score (nSPS) is 22.0. The van der Waals surface area contributed by atoms with Gasteiger partial charge < -0.3 is 19.3 Å². The summed E-state index contributed by atoms with van der Waals surface area (Å²) < 4.78 is 10.7. The summed E-state index contributed by atoms with van der Waals surface area (Å²) in [6.07, 6.45) is 3.94. The van der Waals surface area contributed by atoms with Crippen molar-refractivity contribution in [3.63, 3.8) is 0 Å². The summed E-state index contributed by atoms with van der Waals surface area (Å²) in [5, 5.41) is 0. The van der Waals surface area contributed by atoms with E-state index in [2.05, 4.69) is 11.8 Å². The van der Waals surface area contributed by atoms with Gasteiger partial charge in [-0.15, -0.1) is 0 Å². The van der Waals surface area contributed by atoms with E-state index >= 15 is 0 Å². The molecule has 3 heterocycles. The van der Waals surface area contributed by atoms with Crippen LogP contribution in [0.25, 0.3) is 0 Å². The first-order valence-electron chi connectivity index (χ1n) is 12.7. The van der Waals surface area contributed by atoms with Gasteiger partial charge in [0.15, 0.2) is 11.5 Å². The summed E-state index contributed by atoms with van der Waals surface area (Å²) in [7, 11) is 3.05. The molecule has 2 aromatic carbocycles. The molecule has 0 bridgehead atoms. The van der Waals surface area contributed by atoms with E-state index in [1.165, 1.54) is 25.5 Å². The fraction of sp³-hybridized carbons (Fsp3) is 0.464. The topological polar surface area (TPSA) is 79.4 Å². The Bertz CT molecular complexity index is 1200. The highest BCUT2D eigenvalue weighted by Gasteiger charge is 2.41. The minimum atomic E-state index is -0.365. The zero-order valence-electron chi connectivity index (χ0n) is 21.2. The Balaban J connectivity index is 1.41. The Morgan fingerprint density at radius 3 is 2.44 bits per heavy atom. The van der Waals surface area contributed by atoms with Crippen molar-refractivity contribution in [2.45, 2.75) is 32.6 Å². The number of hydrogen-bond donors (Lipinski definition) is 0. The summed E-state index contributed by atoms with van der Waals surface area (Å²) in [6.45, 7) is 5.15. The van der Waals surface area contributed by atoms with Crippen LogP contribution in [0.4, 0.5) is 11.4 Å². The molecule has 2 atom stereocenters. The van der Waals surface area contributed by atoms with Crippen LogP contribution in [0.5, 0.6) is 11.5 Å². The molecule has 8 heteroatoms. The highest BCUT2D eigenvalue weighted by Crippen LogP contribution is 2.39. The summed E-state index contributed by atoms with van der Waals surface area (Å²) in [6, 6.07) is 10.4. The number of methoxy groups -OCH3 is 2. The molecule has 2 aromatic rings. The second kappa shape index (κ2) is 9.84. The van der Waals surface area contributed by atoms with Crippen LogP contribution in [-0.2, 0) is 4.79 Å². The number of fused-ring (bicyclic) bond motifs is 1. The number of ether oxygens (including phenoxy) is 2. The fourth-order valence-corrected chi connectivity index (χ4v) is 5.77. The molecular formula is C28H33N3O5. The second-order valence-electron chi connectivity index (χ2n) is 10.0. The van der Waals surface area contributed by atoms with Crippen LogP contribution < -0.4 is 19.3 Å². The van der Waals surface area contributed by atoms with Crippen molar-refractivity contribution in [3.8, 4) is 11.5 Å². The van der Waals surface area contributed by atoms with Gasteiger partial charge in [-0.05, 0) is 55.9 Å². The van der Waals surface area contributed by atoms with Crippen molar-refractivity contribution >= 4 is 29.1 Å². The summed E-state index contributed by atoms with van der Waals surface area (Å²) in [5.74, 6) is 0.877. The first kappa shape index (κ1) is 24.2. The molecule has 3 aliphatic rings. The van der Waals surface area contributed by atoms with Crippen LogP contribution in [-0.4, -0.2) is 63.0 Å². The third-order valence-corrected chi connectivity index (χ3v) is 7.60. The highest BCUT2D eigenvalue weighted by atomic mass is 16.5. The lowest BCUT2D eigenvalue weighted by atomic mass is 9.93. The van der Waals surface area contributed by atoms with Crippen LogP contribution in [0.3, 0.4) is 0 Å². The van der Waals surface area contributed by atoms with Gasteiger partial charge >= 0.3 is 0 Å². The molecule has 0 N–H and O–H groups in total. The molecule has 36 heavy (non-hydrogen) atoms. The first-order chi connectivity index (χ1) is 17.4. The van der Waals surface area contributed by atoms with Crippen molar-refractivity contribution in [2.75, 3.05) is 50.2 Å². The molecule has 0 aliphatic carbocycles. The smallest absolute Gasteiger partial charge is 0.268 e. The SMILES string of the molecule is COc1ccc(N2C(=O)c3cccc(N4CCC[C@@H](C(=O)N5CCC[C@@H](C)C5)C4)c3C2=O)cc1OC. The first-order valence-corrected chi connectivity index (χ1v) is 12.7. The maximum absolute atomic E-state index is 13.7. The quantitative estimate of drug-likeness (QED) is 0.589. The van der Waals surface area contributed by atoms with Crippen LogP contribution in [0.2, 0.25) is 0 Å². The number of nitrogens with zero attached hydrogens (tertiary/aromatic N) is 3. The molecule has 2 saturated heterocycles. The predicted molar refractivity (Wildman–Crippen MR) is 137 cm³/mol. The van der Waals surface area contributed by atoms with Crippen molar-refractivity contribution in [3.05, 3.63) is 47.5 Å². The Morgan fingerprint density at radius 2 is 1.69 bits per heavy atom. The maximum atomic E-state index is 13.7. The number of carbonyl (C=O) groups is 3. The zero-order valence-corrected chi connectivity index (χ0v) is 21.2. The van der Waals surface area contributed by atoms with Gasteiger partial charge in [-0.3, -0.25) is 14.4 Å². The van der Waals surface area contributed by atoms with Gasteiger partial charge in [-0.25, -0.2) is 4.90 Å². The van der Waals surface area contributed by atoms with Gasteiger partial charge in [0, 0.05) is 32.2 Å². The van der Waals surface area contributed by atoms with E-state index in [9.17, 15) is 14.4 Å². The van der Waals surface area contributed by atoms with E-state index < -0.39 is 0 Å². The number of amides is 3. The predicted octanol–water partition coefficient (Wildman–Crippen LogP) is 3.98. The summed E-state index contributed by atoms with van der Waals surface area (Å²) >= 11 is 0. The average molecular weight is 492 g/mol. The van der Waals surface area contributed by atoms with E-state index in [1.807, 2.05) is 17.0 Å². The zero-order chi connectivity index (χ0) is 25.4. The molecule has 8 nitrogen and oxygen atoms in total. The molecule has 2 fully saturated rings. The van der Waals surface area contributed by atoms with E-state index in [4.69, 9.17) is 9.47 Å². The molecule has 0 radical (unpaired) electrons. The van der Waals surface area contributed by atoms with Gasteiger partial charge in [0.05, 0.1) is 42.6 Å². The van der Waals surface area contributed by atoms with Crippen molar-refractivity contribution in [1.29, 1.82) is 0 Å². The number of hydrogen-bond acceptors (Lipinski definition) is 6. The molecule has 0 saturated carbocycles. The second-order valence-corrected chi connectivity index (χ2v) is 10.0. The number of benzene rings is 2. The fourth-order valence-electron chi connectivity index (χ4n) is 5.77. The number of anilines is 2. The molecular weight excluding hydrogens is 458 g/mol. The molecule has 0 spiro atoms. The number of rotatable bonds is 5. The average Bonchev–Trinajstić information content (AvgIpc) is 3.17. The highest BCUT2D eigenvalue weighted by molar-refractivity contribution is 6.36. The molecule has 190 valence electrons. The minimum absolute atomic E-state index is 0.103. The molecule has 0 aromatic heterocycles. The Hall–Kier alpha value is -3.55. The Labute approximate surface area is 211 Å². The van der Waals surface area contributed by atoms with E-state index in [1.54, 1.807) is 24.3 Å². The van der Waals surface area contributed by atoms with E-state index in [0.29, 0.717) is 40.8 Å². The van der Waals surface area contributed by atoms with Gasteiger partial charge in [-0.2, -0.15) is 0 Å². The number of carbonyl (C=O) groups excluding carboxylic acids is 3. The van der Waals surface area contributed by atoms with Crippen molar-refractivity contribution < 1.29 is 23.9 Å². The van der Waals surface area contributed by atoms with Crippen LogP contribution in [0.1, 0.15) is 53.3 Å². The monoisotopic (exact) mass is 491 g/mol. The molecule has 3 aliphatic heterocycles. The van der Waals surface area contributed by atoms with Gasteiger partial charge in [0.1, 0.15) is 0 Å². The Morgan fingerprint density at radius 1 is 0.917 bits per heavy atom. The van der Waals surface area contributed by atoms with Gasteiger partial charge in [-0.1, -0.05) is 13.0 Å². The number of piperidine rings is 2. The van der Waals surface area contributed by atoms with Crippen molar-refractivity contribution in [1.82, 2.24) is 4.90 Å². The number of likely N-dealkylation sites (tertiary alicyclic amines) is 1. The standard InChI is InChI=1S/C28H33N3O5/c1-18-7-5-14-30(16-18)26(32)19-8-6-13-29(17-19)22-10-4-9-21-25(22)28(34)31(27(21)33)20-11-12-23(35-2)24(15-20)36-3/h4,9-12,15,18-19H,5-8,13-14,16-17H2,1-3H3/t18-,19-/m1/s1. The minimum Gasteiger partial charge on any atom is -0.493 e. The van der Waals surface area contributed by atoms with E-state index in [0.717, 1.165) is 44.6 Å². The summed E-state index contributed by atoms with van der Waals surface area (Å²) in [5.41, 5.74) is 1.93. The third-order valence-electron chi connectivity index (χ3n) is 7.60. The van der Waals surface area contributed by atoms with Crippen LogP contribution in [0, 0.1) is 11.8 Å². The lowest BCUT2D eigenvalue weighted by Crippen LogP contribution is -2.48. The van der Waals surface area contributed by atoms with Crippen LogP contribution in [0.15, 0.2) is 36.4 Å². The lowest BCUT2D eigenvalue weighted by molar-refractivity contribution is -0.137. The third kappa shape index (κ3) is 4.18. The van der Waals surface area contributed by atoms with Crippen molar-refractivity contribution in [2.24, 2.45) is 11.8 Å². The maximum Gasteiger partial charge on any atom is 0.268 e. The molecule has 0 unspecified atom stereocenters. The van der Waals surface area contributed by atoms with Gasteiger partial charge in [0.2, 0.25) is 5.91 Å². The summed E-state index contributed by atoms with van der Waals surface area (Å²) in [4.78, 5) is 45.7.